The number of methoxy groups -OCH3 is 1. The van der Waals surface area contributed by atoms with Gasteiger partial charge in [0, 0.05) is 21.7 Å². The SMILES string of the molecule is CCc1c(C)sc(NC(=S)Nc2nn(Cc3c(F)cccc3Cl)cc2Cl)c1C(=O)OC. The molecule has 2 aromatic heterocycles. The average Bonchev–Trinajstić information content (AvgIpc) is 3.22. The van der Waals surface area contributed by atoms with Crippen molar-refractivity contribution < 1.29 is 13.9 Å². The molecule has 0 aliphatic carbocycles. The fourth-order valence-electron chi connectivity index (χ4n) is 3.06. The Bertz CT molecular complexity index is 1130. The molecule has 3 aromatic rings. The van der Waals surface area contributed by atoms with Gasteiger partial charge in [0.2, 0.25) is 0 Å². The maximum absolute atomic E-state index is 14.1. The predicted octanol–water partition coefficient (Wildman–Crippen LogP) is 5.91. The molecule has 3 rings (SSSR count). The van der Waals surface area contributed by atoms with Crippen molar-refractivity contribution in [2.45, 2.75) is 26.8 Å². The van der Waals surface area contributed by atoms with Gasteiger partial charge in [0.25, 0.3) is 0 Å². The molecule has 31 heavy (non-hydrogen) atoms. The topological polar surface area (TPSA) is 68.2 Å². The minimum atomic E-state index is -0.435. The van der Waals surface area contributed by atoms with Gasteiger partial charge in [-0.05, 0) is 43.3 Å². The third-order valence-corrected chi connectivity index (χ3v) is 6.41. The third-order valence-electron chi connectivity index (χ3n) is 4.51. The molecule has 2 heterocycles. The number of thiophene rings is 1. The number of halogens is 3. The lowest BCUT2D eigenvalue weighted by atomic mass is 10.1. The number of ether oxygens (including phenoxy) is 1. The van der Waals surface area contributed by atoms with Crippen LogP contribution in [0.4, 0.5) is 15.2 Å². The highest BCUT2D eigenvalue weighted by molar-refractivity contribution is 7.80. The quantitative estimate of drug-likeness (QED) is 0.324. The number of nitrogens with zero attached hydrogens (tertiary/aromatic N) is 2. The first-order valence-electron chi connectivity index (χ1n) is 9.19. The van der Waals surface area contributed by atoms with Crippen LogP contribution in [0, 0.1) is 12.7 Å². The molecule has 0 spiro atoms. The van der Waals surface area contributed by atoms with Crippen LogP contribution in [0.15, 0.2) is 24.4 Å². The normalized spacial score (nSPS) is 10.8. The number of aromatic nitrogens is 2. The smallest absolute Gasteiger partial charge is 0.341 e. The van der Waals surface area contributed by atoms with Crippen molar-refractivity contribution in [1.82, 2.24) is 9.78 Å². The van der Waals surface area contributed by atoms with Crippen molar-refractivity contribution in [3.8, 4) is 0 Å². The van der Waals surface area contributed by atoms with Gasteiger partial charge in [-0.25, -0.2) is 9.18 Å². The van der Waals surface area contributed by atoms with Gasteiger partial charge in [0.1, 0.15) is 15.8 Å². The number of carbonyl (C=O) groups excluding carboxylic acids is 1. The Hall–Kier alpha value is -2.20. The molecular weight excluding hydrogens is 482 g/mol. The van der Waals surface area contributed by atoms with Gasteiger partial charge in [0.05, 0.1) is 19.2 Å². The highest BCUT2D eigenvalue weighted by Gasteiger charge is 2.22. The summed E-state index contributed by atoms with van der Waals surface area (Å²) in [6.07, 6.45) is 2.23. The second kappa shape index (κ2) is 9.95. The van der Waals surface area contributed by atoms with E-state index in [2.05, 4.69) is 15.7 Å². The molecule has 164 valence electrons. The summed E-state index contributed by atoms with van der Waals surface area (Å²) in [5.41, 5.74) is 1.67. The van der Waals surface area contributed by atoms with Crippen molar-refractivity contribution in [2.75, 3.05) is 17.7 Å². The number of hydrogen-bond donors (Lipinski definition) is 2. The standard InChI is InChI=1S/C20H19Cl2FN4O2S2/c1-4-11-10(2)31-18(16(11)19(28)29-3)25-20(30)24-17-14(22)9-27(26-17)8-12-13(21)6-5-7-15(12)23/h5-7,9H,4,8H2,1-3H3,(H2,24,25,26,30). The van der Waals surface area contributed by atoms with E-state index in [4.69, 9.17) is 40.2 Å². The van der Waals surface area contributed by atoms with Crippen LogP contribution in [-0.2, 0) is 17.7 Å². The minimum absolute atomic E-state index is 0.101. The van der Waals surface area contributed by atoms with Crippen LogP contribution in [0.25, 0.3) is 0 Å². The molecule has 0 fully saturated rings. The monoisotopic (exact) mass is 500 g/mol. The van der Waals surface area contributed by atoms with E-state index in [1.54, 1.807) is 12.3 Å². The summed E-state index contributed by atoms with van der Waals surface area (Å²) >= 11 is 19.1. The molecule has 0 amide bonds. The van der Waals surface area contributed by atoms with Gasteiger partial charge in [0.15, 0.2) is 10.9 Å². The number of carbonyl (C=O) groups is 1. The van der Waals surface area contributed by atoms with Crippen molar-refractivity contribution in [3.63, 3.8) is 0 Å². The Balaban J connectivity index is 1.77. The van der Waals surface area contributed by atoms with Crippen molar-refractivity contribution in [2.24, 2.45) is 0 Å². The lowest BCUT2D eigenvalue weighted by Crippen LogP contribution is -2.21. The number of nitrogens with one attached hydrogen (secondary N) is 2. The van der Waals surface area contributed by atoms with Crippen molar-refractivity contribution in [1.29, 1.82) is 0 Å². The number of anilines is 2. The highest BCUT2D eigenvalue weighted by atomic mass is 35.5. The number of thiocarbonyl (C=S) groups is 1. The van der Waals surface area contributed by atoms with Gasteiger partial charge in [-0.2, -0.15) is 5.10 Å². The number of esters is 1. The summed E-state index contributed by atoms with van der Waals surface area (Å²) in [7, 11) is 1.34. The maximum atomic E-state index is 14.1. The molecule has 0 aliphatic heterocycles. The Morgan fingerprint density at radius 2 is 2.03 bits per heavy atom. The Labute approximate surface area is 198 Å². The molecule has 0 aliphatic rings. The Morgan fingerprint density at radius 1 is 1.29 bits per heavy atom. The molecule has 0 unspecified atom stereocenters. The van der Waals surface area contributed by atoms with E-state index in [0.29, 0.717) is 32.6 Å². The first-order valence-corrected chi connectivity index (χ1v) is 11.2. The zero-order valence-corrected chi connectivity index (χ0v) is 20.0. The van der Waals surface area contributed by atoms with E-state index in [-0.39, 0.29) is 17.5 Å². The van der Waals surface area contributed by atoms with Crippen LogP contribution in [0.3, 0.4) is 0 Å². The molecule has 11 heteroatoms. The van der Waals surface area contributed by atoms with Crippen LogP contribution in [-0.4, -0.2) is 28.0 Å². The van der Waals surface area contributed by atoms with Crippen LogP contribution < -0.4 is 10.6 Å². The number of aryl methyl sites for hydroxylation is 1. The van der Waals surface area contributed by atoms with E-state index >= 15 is 0 Å². The first kappa shape index (κ1) is 23.5. The highest BCUT2D eigenvalue weighted by Crippen LogP contribution is 2.34. The molecule has 0 atom stereocenters. The molecular formula is C20H19Cl2FN4O2S2. The summed E-state index contributed by atoms with van der Waals surface area (Å²) in [6.45, 7) is 4.00. The van der Waals surface area contributed by atoms with Crippen LogP contribution in [0.5, 0.6) is 0 Å². The van der Waals surface area contributed by atoms with Gasteiger partial charge in [-0.15, -0.1) is 11.3 Å². The van der Waals surface area contributed by atoms with E-state index in [1.165, 1.54) is 35.3 Å². The molecule has 0 bridgehead atoms. The van der Waals surface area contributed by atoms with Crippen LogP contribution >= 0.6 is 46.8 Å². The fraction of sp³-hybridized carbons (Fsp3) is 0.250. The molecule has 1 aromatic carbocycles. The first-order chi connectivity index (χ1) is 14.7. The molecule has 0 saturated heterocycles. The zero-order valence-electron chi connectivity index (χ0n) is 16.9. The van der Waals surface area contributed by atoms with Crippen molar-refractivity contribution in [3.05, 3.63) is 61.8 Å². The largest absolute Gasteiger partial charge is 0.465 e. The number of hydrogen-bond acceptors (Lipinski definition) is 5. The lowest BCUT2D eigenvalue weighted by Gasteiger charge is -2.10. The summed E-state index contributed by atoms with van der Waals surface area (Å²) in [4.78, 5) is 13.3. The van der Waals surface area contributed by atoms with E-state index in [9.17, 15) is 9.18 Å². The molecule has 0 radical (unpaired) electrons. The van der Waals surface area contributed by atoms with E-state index in [0.717, 1.165) is 10.4 Å². The Kier molecular flexibility index (Phi) is 7.53. The van der Waals surface area contributed by atoms with Gasteiger partial charge < -0.3 is 15.4 Å². The molecule has 0 saturated carbocycles. The average molecular weight is 501 g/mol. The summed E-state index contributed by atoms with van der Waals surface area (Å²) in [5, 5.41) is 11.6. The van der Waals surface area contributed by atoms with Crippen LogP contribution in [0.1, 0.15) is 33.3 Å². The fourth-order valence-corrected chi connectivity index (χ4v) is 4.88. The molecule has 2 N–H and O–H groups in total. The minimum Gasteiger partial charge on any atom is -0.465 e. The summed E-state index contributed by atoms with van der Waals surface area (Å²) in [5.74, 6) is -0.577. The lowest BCUT2D eigenvalue weighted by molar-refractivity contribution is 0.0601. The predicted molar refractivity (Wildman–Crippen MR) is 127 cm³/mol. The summed E-state index contributed by atoms with van der Waals surface area (Å²) in [6, 6.07) is 4.47. The van der Waals surface area contributed by atoms with Gasteiger partial charge >= 0.3 is 5.97 Å². The van der Waals surface area contributed by atoms with Gasteiger partial charge in [-0.3, -0.25) is 4.68 Å². The third kappa shape index (κ3) is 5.17. The summed E-state index contributed by atoms with van der Waals surface area (Å²) < 4.78 is 20.4. The van der Waals surface area contributed by atoms with E-state index < -0.39 is 11.8 Å². The van der Waals surface area contributed by atoms with Crippen molar-refractivity contribution >= 4 is 68.7 Å². The second-order valence-electron chi connectivity index (χ2n) is 6.49. The second-order valence-corrected chi connectivity index (χ2v) is 8.94. The zero-order chi connectivity index (χ0) is 22.7. The Morgan fingerprint density at radius 3 is 2.68 bits per heavy atom. The van der Waals surface area contributed by atoms with Gasteiger partial charge in [-0.1, -0.05) is 36.2 Å². The van der Waals surface area contributed by atoms with E-state index in [1.807, 2.05) is 13.8 Å². The maximum Gasteiger partial charge on any atom is 0.341 e. The number of rotatable bonds is 6. The van der Waals surface area contributed by atoms with Crippen LogP contribution in [0.2, 0.25) is 10.0 Å². The number of benzene rings is 1. The molecule has 6 nitrogen and oxygen atoms in total.